The Morgan fingerprint density at radius 3 is 2.51 bits per heavy atom. The lowest BCUT2D eigenvalue weighted by molar-refractivity contribution is -0.477. The third-order valence-corrected chi connectivity index (χ3v) is 8.65. The number of rotatable bonds is 13. The maximum Gasteiger partial charge on any atom is 0.480 e. The van der Waals surface area contributed by atoms with Crippen molar-refractivity contribution in [3.8, 4) is 0 Å². The van der Waals surface area contributed by atoms with E-state index in [0.717, 1.165) is 15.7 Å². The van der Waals surface area contributed by atoms with Crippen LogP contribution in [0, 0.1) is 10.1 Å². The van der Waals surface area contributed by atoms with Gasteiger partial charge in [0.25, 0.3) is 5.56 Å². The SMILES string of the molecule is COC[C@H]1O[C@@H](N2C=C(C)C(=O)[NH+]C2=O)C[C@H]1OP(=O)(O)OC[C@H]1O[C@@H](n2cc(Cn3cnc([N+](=O)[O-])c3)c(=O)[nH]c2=O)C[C@H]1OC. The number of imidazole rings is 1. The highest BCUT2D eigenvalue weighted by molar-refractivity contribution is 7.47. The molecule has 2 fully saturated rings. The number of phosphoric acid groups is 1. The maximum atomic E-state index is 13.0. The Balaban J connectivity index is 1.23. The van der Waals surface area contributed by atoms with Gasteiger partial charge in [-0.2, -0.15) is 0 Å². The van der Waals surface area contributed by atoms with Crippen LogP contribution in [0.25, 0.3) is 0 Å². The number of nitrogens with zero attached hydrogens (tertiary/aromatic N) is 5. The number of phosphoric ester groups is 1. The molecule has 3 aliphatic heterocycles. The Morgan fingerprint density at radius 2 is 1.83 bits per heavy atom. The molecular formula is C25H32N7O14P+. The fraction of sp³-hybridized carbons (Fsp3) is 0.560. The van der Waals surface area contributed by atoms with Crippen LogP contribution in [-0.4, -0.2) is 104 Å². The van der Waals surface area contributed by atoms with E-state index >= 15 is 0 Å². The Morgan fingerprint density at radius 1 is 1.13 bits per heavy atom. The number of urea groups is 1. The molecular weight excluding hydrogens is 653 g/mol. The van der Waals surface area contributed by atoms with Crippen molar-refractivity contribution in [3.05, 3.63) is 67.0 Å². The fourth-order valence-electron chi connectivity index (χ4n) is 5.31. The van der Waals surface area contributed by atoms with Crippen molar-refractivity contribution in [2.45, 2.75) is 63.2 Å². The summed E-state index contributed by atoms with van der Waals surface area (Å²) in [5.41, 5.74) is -1.19. The van der Waals surface area contributed by atoms with E-state index in [1.165, 1.54) is 44.4 Å². The number of imide groups is 1. The summed E-state index contributed by atoms with van der Waals surface area (Å²) in [5.74, 6) is -0.975. The molecule has 3 aliphatic rings. The lowest BCUT2D eigenvalue weighted by Crippen LogP contribution is -2.95. The molecule has 0 aliphatic carbocycles. The summed E-state index contributed by atoms with van der Waals surface area (Å²) in [6, 6.07) is -0.733. The summed E-state index contributed by atoms with van der Waals surface area (Å²) in [5, 5.41) is 13.1. The van der Waals surface area contributed by atoms with Gasteiger partial charge < -0.3 is 38.5 Å². The summed E-state index contributed by atoms with van der Waals surface area (Å²) in [7, 11) is -2.03. The number of aromatic nitrogens is 4. The van der Waals surface area contributed by atoms with E-state index in [1.807, 2.05) is 0 Å². The monoisotopic (exact) mass is 685 g/mol. The highest BCUT2D eigenvalue weighted by atomic mass is 31.2. The number of hydrogen-bond donors (Lipinski definition) is 3. The fourth-order valence-corrected chi connectivity index (χ4v) is 6.27. The van der Waals surface area contributed by atoms with Gasteiger partial charge in [-0.15, -0.1) is 0 Å². The second-order valence-electron chi connectivity index (χ2n) is 10.8. The van der Waals surface area contributed by atoms with E-state index in [-0.39, 0.29) is 37.1 Å². The molecule has 47 heavy (non-hydrogen) atoms. The molecule has 0 bridgehead atoms. The van der Waals surface area contributed by atoms with Crippen LogP contribution in [0.4, 0.5) is 10.6 Å². The minimum Gasteiger partial charge on any atom is -0.382 e. The molecule has 22 heteroatoms. The van der Waals surface area contributed by atoms with Crippen LogP contribution in [0.1, 0.15) is 31.6 Å². The van der Waals surface area contributed by atoms with Gasteiger partial charge in [0.05, 0.1) is 37.0 Å². The van der Waals surface area contributed by atoms with Crippen LogP contribution >= 0.6 is 7.82 Å². The van der Waals surface area contributed by atoms with Crippen LogP contribution < -0.4 is 16.6 Å². The summed E-state index contributed by atoms with van der Waals surface area (Å²) >= 11 is 0. The van der Waals surface area contributed by atoms with Crippen molar-refractivity contribution >= 4 is 25.6 Å². The van der Waals surface area contributed by atoms with Crippen molar-refractivity contribution in [1.29, 1.82) is 0 Å². The lowest BCUT2D eigenvalue weighted by Gasteiger charge is -2.23. The number of aromatic amines is 1. The van der Waals surface area contributed by atoms with E-state index in [2.05, 4.69) is 15.3 Å². The van der Waals surface area contributed by atoms with Crippen LogP contribution in [0.2, 0.25) is 0 Å². The van der Waals surface area contributed by atoms with Gasteiger partial charge in [-0.25, -0.2) is 23.8 Å². The summed E-state index contributed by atoms with van der Waals surface area (Å²) in [4.78, 5) is 77.1. The number of methoxy groups -OCH3 is 2. The highest BCUT2D eigenvalue weighted by Crippen LogP contribution is 2.48. The summed E-state index contributed by atoms with van der Waals surface area (Å²) in [6.45, 7) is 0.815. The first-order valence-corrected chi connectivity index (χ1v) is 15.6. The largest absolute Gasteiger partial charge is 0.480 e. The third-order valence-electron chi connectivity index (χ3n) is 7.63. The molecule has 0 aromatic carbocycles. The minimum atomic E-state index is -4.79. The van der Waals surface area contributed by atoms with Gasteiger partial charge in [-0.1, -0.05) is 0 Å². The van der Waals surface area contributed by atoms with Crippen LogP contribution in [0.3, 0.4) is 0 Å². The summed E-state index contributed by atoms with van der Waals surface area (Å²) in [6.07, 6.45) is -0.639. The Labute approximate surface area is 264 Å². The van der Waals surface area contributed by atoms with Crippen LogP contribution in [0.15, 0.2) is 40.1 Å². The third kappa shape index (κ3) is 7.80. The van der Waals surface area contributed by atoms with E-state index in [0.29, 0.717) is 0 Å². The van der Waals surface area contributed by atoms with E-state index < -0.39 is 85.2 Å². The number of hydrogen-bond acceptors (Lipinski definition) is 14. The number of carbonyl (C=O) groups excluding carboxylic acids is 2. The van der Waals surface area contributed by atoms with Gasteiger partial charge >= 0.3 is 31.3 Å². The lowest BCUT2D eigenvalue weighted by atomic mass is 10.2. The number of nitro groups is 1. The Hall–Kier alpha value is -3.92. The van der Waals surface area contributed by atoms with Gasteiger partial charge in [0.1, 0.15) is 37.0 Å². The minimum absolute atomic E-state index is 0.0505. The van der Waals surface area contributed by atoms with Crippen molar-refractivity contribution in [1.82, 2.24) is 24.0 Å². The van der Waals surface area contributed by atoms with Crippen molar-refractivity contribution in [2.24, 2.45) is 0 Å². The molecule has 1 unspecified atom stereocenters. The number of H-pyrrole nitrogens is 1. The molecule has 2 aromatic rings. The van der Waals surface area contributed by atoms with E-state index in [1.54, 1.807) is 0 Å². The molecule has 5 heterocycles. The highest BCUT2D eigenvalue weighted by Gasteiger charge is 2.47. The number of ether oxygens (including phenoxy) is 4. The van der Waals surface area contributed by atoms with Gasteiger partial charge in [0.2, 0.25) is 6.33 Å². The first-order chi connectivity index (χ1) is 22.3. The molecule has 1 radical (unpaired) electrons. The molecule has 3 N–H and O–H groups in total. The molecule has 0 spiro atoms. The topological polar surface area (TPSA) is 261 Å². The Bertz CT molecular complexity index is 1720. The van der Waals surface area contributed by atoms with Crippen molar-refractivity contribution in [2.75, 3.05) is 27.4 Å². The normalized spacial score (nSPS) is 27.7. The number of nitrogens with one attached hydrogen (secondary N) is 2. The van der Waals surface area contributed by atoms with E-state index in [9.17, 15) is 38.8 Å². The molecule has 3 amide bonds. The average molecular weight is 686 g/mol. The van der Waals surface area contributed by atoms with Crippen LogP contribution in [0.5, 0.6) is 0 Å². The first kappa shape index (κ1) is 34.4. The van der Waals surface area contributed by atoms with Gasteiger partial charge in [0.15, 0.2) is 0 Å². The van der Waals surface area contributed by atoms with Crippen LogP contribution in [-0.2, 0) is 43.9 Å². The van der Waals surface area contributed by atoms with Crippen molar-refractivity contribution in [3.63, 3.8) is 0 Å². The van der Waals surface area contributed by atoms with E-state index in [4.69, 9.17) is 28.0 Å². The first-order valence-electron chi connectivity index (χ1n) is 14.1. The molecule has 7 atom stereocenters. The molecule has 5 rings (SSSR count). The average Bonchev–Trinajstić information content (AvgIpc) is 3.74. The maximum absolute atomic E-state index is 13.0. The zero-order valence-electron chi connectivity index (χ0n) is 25.2. The summed E-state index contributed by atoms with van der Waals surface area (Å²) < 4.78 is 48.5. The quantitative estimate of drug-likeness (QED) is 0.123. The van der Waals surface area contributed by atoms with Crippen molar-refractivity contribution < 1.29 is 57.3 Å². The molecule has 255 valence electrons. The molecule has 2 saturated heterocycles. The zero-order chi connectivity index (χ0) is 34.0. The second kappa shape index (κ2) is 14.1. The standard InChI is InChI=1S/C25H32N7O14P/c1-13-6-30(24(35)27-22(13)33)21-5-16(17(44-21)10-41-2)46-47(39,40)43-11-18-15(42-3)4-20(45-18)31-8-14(23(34)28-25(31)36)7-29-9-19(26-12-29)32(37)38/h6,8-9,12,15-18,20-21,27H,4-5,7,10-11H2,1-3H3,(H,39,40)(H,28,34,36)/q+1/t15-,16-,17-,18-,20-,21-/m1/s1. The number of amides is 3. The molecule has 2 aromatic heterocycles. The molecule has 0 saturated carbocycles. The zero-order valence-corrected chi connectivity index (χ0v) is 26.1. The predicted octanol–water partition coefficient (Wildman–Crippen LogP) is -1.53. The Kier molecular flexibility index (Phi) is 10.3. The van der Waals surface area contributed by atoms with Gasteiger partial charge in [-0.3, -0.25) is 23.4 Å². The number of carbonyl (C=O) groups is 2. The molecule has 21 nitrogen and oxygen atoms in total. The van der Waals surface area contributed by atoms with Gasteiger partial charge in [0, 0.05) is 39.5 Å². The predicted molar refractivity (Wildman–Crippen MR) is 151 cm³/mol. The smallest absolute Gasteiger partial charge is 0.382 e. The second-order valence-corrected chi connectivity index (χ2v) is 12.2. The van der Waals surface area contributed by atoms with Gasteiger partial charge in [-0.05, 0) is 22.1 Å².